The van der Waals surface area contributed by atoms with Crippen LogP contribution in [-0.4, -0.2) is 17.4 Å². The molecule has 0 unspecified atom stereocenters. The van der Waals surface area contributed by atoms with E-state index in [0.717, 1.165) is 22.5 Å². The molecule has 0 aliphatic carbocycles. The second kappa shape index (κ2) is 8.34. The van der Waals surface area contributed by atoms with E-state index in [4.69, 9.17) is 16.6 Å². The van der Waals surface area contributed by atoms with Crippen LogP contribution in [0.2, 0.25) is 0 Å². The summed E-state index contributed by atoms with van der Waals surface area (Å²) in [5.41, 5.74) is 0. The molecule has 0 spiro atoms. The molecule has 2 N–H and O–H groups in total. The van der Waals surface area contributed by atoms with Gasteiger partial charge in [-0.3, -0.25) is 0 Å². The normalized spacial score (nSPS) is 10.2. The quantitative estimate of drug-likeness (QED) is 0.459. The summed E-state index contributed by atoms with van der Waals surface area (Å²) in [6.45, 7) is 1.43. The van der Waals surface area contributed by atoms with Crippen LogP contribution in [0.15, 0.2) is 56.4 Å². The first-order valence-electron chi connectivity index (χ1n) is 6.16. The number of furan rings is 1. The summed E-state index contributed by atoms with van der Waals surface area (Å²) in [5.74, 6) is 1.84. The van der Waals surface area contributed by atoms with Crippen molar-refractivity contribution in [3.8, 4) is 0 Å². The molecular weight excluding hydrogens is 356 g/mol. The van der Waals surface area contributed by atoms with Crippen molar-refractivity contribution in [1.29, 1.82) is 0 Å². The molecule has 0 atom stereocenters. The van der Waals surface area contributed by atoms with Gasteiger partial charge in [0.15, 0.2) is 5.11 Å². The molecule has 2 aromatic rings. The number of thiocarbonyl (C=S) groups is 1. The molecule has 3 nitrogen and oxygen atoms in total. The second-order valence-corrected chi connectivity index (χ2v) is 6.48. The van der Waals surface area contributed by atoms with Crippen LogP contribution in [0.5, 0.6) is 0 Å². The van der Waals surface area contributed by atoms with Crippen molar-refractivity contribution in [2.24, 2.45) is 0 Å². The molecule has 106 valence electrons. The van der Waals surface area contributed by atoms with Gasteiger partial charge in [-0.1, -0.05) is 15.9 Å². The first kappa shape index (κ1) is 15.4. The third-order valence-corrected chi connectivity index (χ3v) is 4.30. The maximum atomic E-state index is 5.22. The Labute approximate surface area is 136 Å². The summed E-state index contributed by atoms with van der Waals surface area (Å²) >= 11 is 10.4. The maximum Gasteiger partial charge on any atom is 0.166 e. The third-order valence-electron chi connectivity index (χ3n) is 2.47. The van der Waals surface area contributed by atoms with Gasteiger partial charge in [0.05, 0.1) is 12.8 Å². The van der Waals surface area contributed by atoms with Crippen LogP contribution < -0.4 is 10.6 Å². The average Bonchev–Trinajstić information content (AvgIpc) is 2.96. The lowest BCUT2D eigenvalue weighted by Crippen LogP contribution is -2.35. The lowest BCUT2D eigenvalue weighted by atomic mass is 10.4. The van der Waals surface area contributed by atoms with Crippen LogP contribution in [0.4, 0.5) is 0 Å². The van der Waals surface area contributed by atoms with Crippen LogP contribution >= 0.6 is 39.9 Å². The largest absolute Gasteiger partial charge is 0.467 e. The highest BCUT2D eigenvalue weighted by Crippen LogP contribution is 2.19. The van der Waals surface area contributed by atoms with Gasteiger partial charge < -0.3 is 15.1 Å². The van der Waals surface area contributed by atoms with E-state index in [1.807, 2.05) is 24.3 Å². The molecule has 0 aliphatic heterocycles. The predicted octanol–water partition coefficient (Wildman–Crippen LogP) is 3.80. The van der Waals surface area contributed by atoms with E-state index in [0.29, 0.717) is 11.7 Å². The van der Waals surface area contributed by atoms with Crippen molar-refractivity contribution < 1.29 is 4.42 Å². The fraction of sp³-hybridized carbons (Fsp3) is 0.214. The highest BCUT2D eigenvalue weighted by Gasteiger charge is 1.99. The molecule has 0 fully saturated rings. The fourth-order valence-electron chi connectivity index (χ4n) is 1.51. The van der Waals surface area contributed by atoms with Crippen molar-refractivity contribution in [2.75, 3.05) is 12.3 Å². The number of halogens is 1. The highest BCUT2D eigenvalue weighted by atomic mass is 79.9. The van der Waals surface area contributed by atoms with Gasteiger partial charge in [-0.15, -0.1) is 11.8 Å². The Bertz CT molecular complexity index is 529. The topological polar surface area (TPSA) is 37.2 Å². The number of hydrogen-bond donors (Lipinski definition) is 2. The van der Waals surface area contributed by atoms with Crippen LogP contribution in [0.1, 0.15) is 5.76 Å². The van der Waals surface area contributed by atoms with Gasteiger partial charge in [-0.05, 0) is 48.6 Å². The summed E-state index contributed by atoms with van der Waals surface area (Å²) in [6, 6.07) is 12.1. The van der Waals surface area contributed by atoms with Gasteiger partial charge in [0, 0.05) is 21.7 Å². The second-order valence-electron chi connectivity index (χ2n) is 3.99. The standard InChI is InChI=1S/C14H15BrN2OS2/c15-11-3-5-13(6-4-11)20-9-7-16-14(19)17-10-12-2-1-8-18-12/h1-6,8H,7,9-10H2,(H2,16,17,19). The Hall–Kier alpha value is -0.980. The molecular formula is C14H15BrN2OS2. The van der Waals surface area contributed by atoms with Crippen LogP contribution in [-0.2, 0) is 6.54 Å². The predicted molar refractivity (Wildman–Crippen MR) is 91.0 cm³/mol. The Morgan fingerprint density at radius 3 is 2.70 bits per heavy atom. The van der Waals surface area contributed by atoms with Crippen molar-refractivity contribution >= 4 is 45.0 Å². The van der Waals surface area contributed by atoms with Crippen LogP contribution in [0.3, 0.4) is 0 Å². The Kier molecular flexibility index (Phi) is 6.42. The number of hydrogen-bond acceptors (Lipinski definition) is 3. The molecule has 2 rings (SSSR count). The molecule has 1 heterocycles. The first-order chi connectivity index (χ1) is 9.74. The Morgan fingerprint density at radius 2 is 2.00 bits per heavy atom. The summed E-state index contributed by atoms with van der Waals surface area (Å²) in [7, 11) is 0. The number of nitrogens with one attached hydrogen (secondary N) is 2. The zero-order valence-corrected chi connectivity index (χ0v) is 14.0. The van der Waals surface area contributed by atoms with Crippen molar-refractivity contribution in [1.82, 2.24) is 10.6 Å². The van der Waals surface area contributed by atoms with Gasteiger partial charge in [0.2, 0.25) is 0 Å². The molecule has 0 aliphatic rings. The van der Waals surface area contributed by atoms with Gasteiger partial charge >= 0.3 is 0 Å². The summed E-state index contributed by atoms with van der Waals surface area (Å²) in [4.78, 5) is 1.25. The number of thioether (sulfide) groups is 1. The van der Waals surface area contributed by atoms with E-state index in [2.05, 4.69) is 38.7 Å². The highest BCUT2D eigenvalue weighted by molar-refractivity contribution is 9.10. The maximum absolute atomic E-state index is 5.22. The molecule has 1 aromatic heterocycles. The van der Waals surface area contributed by atoms with E-state index in [9.17, 15) is 0 Å². The van der Waals surface area contributed by atoms with Crippen molar-refractivity contribution in [2.45, 2.75) is 11.4 Å². The molecule has 0 bridgehead atoms. The van der Waals surface area contributed by atoms with E-state index >= 15 is 0 Å². The third kappa shape index (κ3) is 5.56. The minimum Gasteiger partial charge on any atom is -0.467 e. The summed E-state index contributed by atoms with van der Waals surface area (Å²) < 4.78 is 6.32. The van der Waals surface area contributed by atoms with Crippen molar-refractivity contribution in [3.05, 3.63) is 52.9 Å². The molecule has 6 heteroatoms. The van der Waals surface area contributed by atoms with E-state index in [1.165, 1.54) is 4.90 Å². The number of rotatable bonds is 6. The average molecular weight is 371 g/mol. The minimum atomic E-state index is 0.610. The lowest BCUT2D eigenvalue weighted by Gasteiger charge is -2.09. The van der Waals surface area contributed by atoms with Gasteiger partial charge in [-0.25, -0.2) is 0 Å². The monoisotopic (exact) mass is 370 g/mol. The van der Waals surface area contributed by atoms with Crippen LogP contribution in [0.25, 0.3) is 0 Å². The molecule has 0 saturated heterocycles. The van der Waals surface area contributed by atoms with E-state index in [1.54, 1.807) is 18.0 Å². The molecule has 1 aromatic carbocycles. The van der Waals surface area contributed by atoms with Gasteiger partial charge in [0.25, 0.3) is 0 Å². The fourth-order valence-corrected chi connectivity index (χ4v) is 2.71. The van der Waals surface area contributed by atoms with Gasteiger partial charge in [0.1, 0.15) is 5.76 Å². The van der Waals surface area contributed by atoms with E-state index < -0.39 is 0 Å². The zero-order valence-electron chi connectivity index (χ0n) is 10.8. The molecule has 0 saturated carbocycles. The Balaban J connectivity index is 1.58. The Morgan fingerprint density at radius 1 is 1.20 bits per heavy atom. The molecule has 0 amide bonds. The van der Waals surface area contributed by atoms with E-state index in [-0.39, 0.29) is 0 Å². The molecule has 20 heavy (non-hydrogen) atoms. The first-order valence-corrected chi connectivity index (χ1v) is 8.35. The summed E-state index contributed by atoms with van der Waals surface area (Å²) in [5, 5.41) is 6.93. The van der Waals surface area contributed by atoms with Crippen molar-refractivity contribution in [3.63, 3.8) is 0 Å². The zero-order chi connectivity index (χ0) is 14.2. The lowest BCUT2D eigenvalue weighted by molar-refractivity contribution is 0.502. The summed E-state index contributed by atoms with van der Waals surface area (Å²) in [6.07, 6.45) is 1.66. The minimum absolute atomic E-state index is 0.610. The number of benzene rings is 1. The van der Waals surface area contributed by atoms with Crippen LogP contribution in [0, 0.1) is 0 Å². The molecule has 0 radical (unpaired) electrons. The SMILES string of the molecule is S=C(NCCSc1ccc(Br)cc1)NCc1ccco1. The van der Waals surface area contributed by atoms with Gasteiger partial charge in [-0.2, -0.15) is 0 Å². The smallest absolute Gasteiger partial charge is 0.166 e.